The van der Waals surface area contributed by atoms with Gasteiger partial charge in [-0.15, -0.1) is 0 Å². The first-order valence-corrected chi connectivity index (χ1v) is 5.04. The molecule has 0 aliphatic heterocycles. The van der Waals surface area contributed by atoms with Crippen LogP contribution in [0.15, 0.2) is 29.2 Å². The van der Waals surface area contributed by atoms with Crippen LogP contribution in [0.1, 0.15) is 6.92 Å². The fraction of sp³-hybridized carbons (Fsp3) is 0.222. The van der Waals surface area contributed by atoms with Gasteiger partial charge in [-0.05, 0) is 30.8 Å². The number of benzene rings is 1. The number of hydrogen-bond acceptors (Lipinski definition) is 5. The molecule has 0 saturated carbocycles. The average Bonchev–Trinajstić information content (AvgIpc) is 2.18. The van der Waals surface area contributed by atoms with E-state index in [1.165, 1.54) is 24.3 Å². The summed E-state index contributed by atoms with van der Waals surface area (Å²) < 4.78 is 4.71. The maximum absolute atomic E-state index is 11.0. The Morgan fingerprint density at radius 2 is 2.07 bits per heavy atom. The lowest BCUT2D eigenvalue weighted by atomic mass is 10.3. The molecule has 0 fully saturated rings. The van der Waals surface area contributed by atoms with Gasteiger partial charge in [0.05, 0.1) is 11.5 Å². The Balaban J connectivity index is 2.64. The summed E-state index contributed by atoms with van der Waals surface area (Å²) in [5.41, 5.74) is 0.00297. The molecule has 1 aromatic rings. The minimum Gasteiger partial charge on any atom is -0.458 e. The zero-order valence-corrected chi connectivity index (χ0v) is 8.82. The van der Waals surface area contributed by atoms with Crippen molar-refractivity contribution in [1.82, 2.24) is 0 Å². The summed E-state index contributed by atoms with van der Waals surface area (Å²) in [4.78, 5) is 21.5. The Labute approximate surface area is 90.6 Å². The lowest BCUT2D eigenvalue weighted by Gasteiger charge is -2.00. The number of nitro groups is 1. The predicted octanol–water partition coefficient (Wildman–Crippen LogP) is 2.84. The molecule has 0 spiro atoms. The first-order valence-electron chi connectivity index (χ1n) is 4.22. The molecule has 1 aromatic carbocycles. The number of hydrogen-bond donors (Lipinski definition) is 0. The molecule has 0 aliphatic carbocycles. The highest BCUT2D eigenvalue weighted by Crippen LogP contribution is 2.22. The van der Waals surface area contributed by atoms with Gasteiger partial charge in [0.1, 0.15) is 0 Å². The van der Waals surface area contributed by atoms with Crippen LogP contribution in [0.3, 0.4) is 0 Å². The van der Waals surface area contributed by atoms with E-state index in [9.17, 15) is 14.9 Å². The molecule has 0 N–H and O–H groups in total. The molecule has 0 amide bonds. The van der Waals surface area contributed by atoms with E-state index in [1.807, 2.05) is 0 Å². The van der Waals surface area contributed by atoms with E-state index < -0.39 is 10.2 Å². The van der Waals surface area contributed by atoms with E-state index >= 15 is 0 Å². The highest BCUT2D eigenvalue weighted by atomic mass is 32.2. The van der Waals surface area contributed by atoms with Crippen LogP contribution in [0.5, 0.6) is 0 Å². The van der Waals surface area contributed by atoms with E-state index in [1.54, 1.807) is 6.92 Å². The standard InChI is InChI=1S/C9H9NO4S/c1-2-14-9(11)15-8-5-3-7(4-6-8)10(12)13/h3-6H,2H2,1H3. The van der Waals surface area contributed by atoms with E-state index in [-0.39, 0.29) is 5.69 Å². The number of rotatable bonds is 3. The van der Waals surface area contributed by atoms with Gasteiger partial charge in [-0.3, -0.25) is 10.1 Å². The molecular weight excluding hydrogens is 218 g/mol. The van der Waals surface area contributed by atoms with Crippen LogP contribution < -0.4 is 0 Å². The summed E-state index contributed by atoms with van der Waals surface area (Å²) in [6.07, 6.45) is 0. The third kappa shape index (κ3) is 3.59. The Hall–Kier alpha value is -1.56. The van der Waals surface area contributed by atoms with Crippen molar-refractivity contribution in [2.24, 2.45) is 0 Å². The van der Waals surface area contributed by atoms with Crippen LogP contribution in [0.4, 0.5) is 10.5 Å². The van der Waals surface area contributed by atoms with Gasteiger partial charge in [0, 0.05) is 17.0 Å². The summed E-state index contributed by atoms with van der Waals surface area (Å²) >= 11 is 0.905. The van der Waals surface area contributed by atoms with E-state index in [4.69, 9.17) is 4.74 Å². The molecule has 15 heavy (non-hydrogen) atoms. The Morgan fingerprint density at radius 3 is 2.53 bits per heavy atom. The zero-order chi connectivity index (χ0) is 11.3. The van der Waals surface area contributed by atoms with Crippen molar-refractivity contribution in [2.45, 2.75) is 11.8 Å². The second-order valence-corrected chi connectivity index (χ2v) is 3.54. The van der Waals surface area contributed by atoms with Crippen molar-refractivity contribution >= 4 is 22.8 Å². The monoisotopic (exact) mass is 227 g/mol. The molecule has 80 valence electrons. The van der Waals surface area contributed by atoms with Gasteiger partial charge in [0.15, 0.2) is 0 Å². The lowest BCUT2D eigenvalue weighted by molar-refractivity contribution is -0.384. The van der Waals surface area contributed by atoms with Crippen LogP contribution in [0, 0.1) is 10.1 Å². The van der Waals surface area contributed by atoms with Crippen molar-refractivity contribution in [2.75, 3.05) is 6.61 Å². The van der Waals surface area contributed by atoms with Crippen LogP contribution in [-0.2, 0) is 4.74 Å². The Morgan fingerprint density at radius 1 is 1.47 bits per heavy atom. The number of carbonyl (C=O) groups is 1. The second kappa shape index (κ2) is 5.35. The number of ether oxygens (including phenoxy) is 1. The molecule has 0 heterocycles. The molecular formula is C9H9NO4S. The van der Waals surface area contributed by atoms with E-state index in [0.717, 1.165) is 11.8 Å². The van der Waals surface area contributed by atoms with Gasteiger partial charge in [0.2, 0.25) is 0 Å². The van der Waals surface area contributed by atoms with Crippen LogP contribution in [0.25, 0.3) is 0 Å². The maximum atomic E-state index is 11.0. The van der Waals surface area contributed by atoms with E-state index in [0.29, 0.717) is 11.5 Å². The fourth-order valence-corrected chi connectivity index (χ4v) is 1.52. The second-order valence-electron chi connectivity index (χ2n) is 2.54. The highest BCUT2D eigenvalue weighted by Gasteiger charge is 2.08. The van der Waals surface area contributed by atoms with Gasteiger partial charge < -0.3 is 4.74 Å². The van der Waals surface area contributed by atoms with E-state index in [2.05, 4.69) is 0 Å². The number of thioether (sulfide) groups is 1. The van der Waals surface area contributed by atoms with Gasteiger partial charge in [-0.1, -0.05) is 0 Å². The van der Waals surface area contributed by atoms with Gasteiger partial charge in [0.25, 0.3) is 5.69 Å². The lowest BCUT2D eigenvalue weighted by Crippen LogP contribution is -1.95. The van der Waals surface area contributed by atoms with Gasteiger partial charge in [-0.2, -0.15) is 0 Å². The first-order chi connectivity index (χ1) is 7.13. The molecule has 0 radical (unpaired) electrons. The Kier molecular flexibility index (Phi) is 4.11. The van der Waals surface area contributed by atoms with Crippen molar-refractivity contribution in [1.29, 1.82) is 0 Å². The normalized spacial score (nSPS) is 9.67. The van der Waals surface area contributed by atoms with Crippen molar-refractivity contribution in [3.05, 3.63) is 34.4 Å². The van der Waals surface area contributed by atoms with Crippen molar-refractivity contribution < 1.29 is 14.5 Å². The molecule has 0 bridgehead atoms. The van der Waals surface area contributed by atoms with Crippen LogP contribution in [0.2, 0.25) is 0 Å². The molecule has 0 atom stereocenters. The first kappa shape index (κ1) is 11.5. The van der Waals surface area contributed by atoms with Crippen molar-refractivity contribution in [3.8, 4) is 0 Å². The largest absolute Gasteiger partial charge is 0.458 e. The third-order valence-corrected chi connectivity index (χ3v) is 2.30. The minimum absolute atomic E-state index is 0.00297. The summed E-state index contributed by atoms with van der Waals surface area (Å²) in [6, 6.07) is 5.72. The topological polar surface area (TPSA) is 69.4 Å². The molecule has 6 heteroatoms. The van der Waals surface area contributed by atoms with Gasteiger partial charge >= 0.3 is 5.30 Å². The quantitative estimate of drug-likeness (QED) is 0.343. The third-order valence-electron chi connectivity index (χ3n) is 1.51. The number of carbonyl (C=O) groups excluding carboxylic acids is 1. The molecule has 0 saturated heterocycles. The average molecular weight is 227 g/mol. The molecule has 1 rings (SSSR count). The summed E-state index contributed by atoms with van der Waals surface area (Å²) in [6.45, 7) is 2.03. The number of nitro benzene ring substituents is 1. The number of nitrogens with zero attached hydrogens (tertiary/aromatic N) is 1. The minimum atomic E-state index is -0.487. The molecule has 0 aromatic heterocycles. The molecule has 0 aliphatic rings. The Bertz CT molecular complexity index is 363. The maximum Gasteiger partial charge on any atom is 0.372 e. The van der Waals surface area contributed by atoms with Crippen molar-refractivity contribution in [3.63, 3.8) is 0 Å². The summed E-state index contributed by atoms with van der Waals surface area (Å²) in [5, 5.41) is 9.93. The zero-order valence-electron chi connectivity index (χ0n) is 8.00. The smallest absolute Gasteiger partial charge is 0.372 e. The van der Waals surface area contributed by atoms with Crippen LogP contribution >= 0.6 is 11.8 Å². The number of non-ortho nitro benzene ring substituents is 1. The fourth-order valence-electron chi connectivity index (χ4n) is 0.879. The SMILES string of the molecule is CCOC(=O)Sc1ccc([N+](=O)[O-])cc1. The summed E-state index contributed by atoms with van der Waals surface area (Å²) in [5.74, 6) is 0. The van der Waals surface area contributed by atoms with Crippen LogP contribution in [-0.4, -0.2) is 16.8 Å². The highest BCUT2D eigenvalue weighted by molar-refractivity contribution is 8.13. The predicted molar refractivity (Wildman–Crippen MR) is 56.0 cm³/mol. The van der Waals surface area contributed by atoms with Gasteiger partial charge in [-0.25, -0.2) is 4.79 Å². The molecule has 0 unspecified atom stereocenters. The molecule has 5 nitrogen and oxygen atoms in total. The summed E-state index contributed by atoms with van der Waals surface area (Å²) in [7, 11) is 0.